The molecule has 0 bridgehead atoms. The summed E-state index contributed by atoms with van der Waals surface area (Å²) in [4.78, 5) is 112. The highest BCUT2D eigenvalue weighted by molar-refractivity contribution is 6.00. The third kappa shape index (κ3) is 17.0. The number of esters is 3. The van der Waals surface area contributed by atoms with Crippen molar-refractivity contribution in [1.29, 1.82) is 0 Å². The summed E-state index contributed by atoms with van der Waals surface area (Å²) >= 11 is 0. The minimum atomic E-state index is -1.52. The summed E-state index contributed by atoms with van der Waals surface area (Å²) in [7, 11) is 0. The van der Waals surface area contributed by atoms with Gasteiger partial charge in [-0.15, -0.1) is 0 Å². The maximum atomic E-state index is 14.2. The molecule has 20 heteroatoms. The number of carbonyl (C=O) groups excluding carboxylic acids is 8. The first-order chi connectivity index (χ1) is 37.3. The smallest absolute Gasteiger partial charge is 0.368 e. The molecule has 0 aliphatic heterocycles. The monoisotopic (exact) mass is 1060 g/mol. The number of carbonyl (C=O) groups is 8. The highest BCUT2D eigenvalue weighted by Crippen LogP contribution is 2.30. The molecule has 2 heterocycles. The maximum absolute atomic E-state index is 14.2. The van der Waals surface area contributed by atoms with Crippen LogP contribution in [0.4, 0.5) is 0 Å². The number of aryl methyl sites for hydroxylation is 2. The molecule has 0 saturated heterocycles. The van der Waals surface area contributed by atoms with Gasteiger partial charge in [-0.2, -0.15) is 5.06 Å². The lowest BCUT2D eigenvalue weighted by molar-refractivity contribution is -0.171. The zero-order valence-corrected chi connectivity index (χ0v) is 43.2. The van der Waals surface area contributed by atoms with Crippen LogP contribution in [0.5, 0.6) is 5.75 Å². The summed E-state index contributed by atoms with van der Waals surface area (Å²) in [5, 5.41) is 12.5. The Morgan fingerprint density at radius 2 is 1.34 bits per heavy atom. The quantitative estimate of drug-likeness (QED) is 0.0102. The Bertz CT molecular complexity index is 2920. The number of nitrogens with one attached hydrogen (secondary N) is 3. The largest absolute Gasteiger partial charge is 0.481 e. The van der Waals surface area contributed by atoms with E-state index in [2.05, 4.69) is 21.1 Å². The third-order valence-corrected chi connectivity index (χ3v) is 12.1. The Hall–Kier alpha value is -9.07. The number of benzene rings is 4. The van der Waals surface area contributed by atoms with E-state index in [-0.39, 0.29) is 72.8 Å². The van der Waals surface area contributed by atoms with Gasteiger partial charge in [-0.1, -0.05) is 135 Å². The minimum absolute atomic E-state index is 0.0513. The number of hydrogen-bond donors (Lipinski definition) is 3. The van der Waals surface area contributed by atoms with Crippen molar-refractivity contribution in [2.45, 2.75) is 98.1 Å². The second-order valence-corrected chi connectivity index (χ2v) is 17.6. The Kier molecular flexibility index (Phi) is 21.6. The molecule has 404 valence electrons. The van der Waals surface area contributed by atoms with Gasteiger partial charge in [0, 0.05) is 5.56 Å². The Labute approximate surface area is 444 Å². The first kappa shape index (κ1) is 57.2. The van der Waals surface area contributed by atoms with Gasteiger partial charge < -0.3 is 48.7 Å². The van der Waals surface area contributed by atoms with Crippen LogP contribution in [0.15, 0.2) is 130 Å². The molecule has 6 rings (SSSR count). The van der Waals surface area contributed by atoms with Crippen molar-refractivity contribution < 1.29 is 71.1 Å². The number of nitrogens with zero attached hydrogens (tertiary/aromatic N) is 2. The molecular weight excluding hydrogens is 995 g/mol. The molecule has 0 aliphatic rings. The van der Waals surface area contributed by atoms with Crippen LogP contribution in [0.25, 0.3) is 11.3 Å². The molecule has 3 unspecified atom stereocenters. The fraction of sp³-hybridized carbons (Fsp3) is 0.316. The molecule has 0 radical (unpaired) electrons. The molecule has 0 saturated carbocycles. The summed E-state index contributed by atoms with van der Waals surface area (Å²) in [5.41, 5.74) is 2.57. The van der Waals surface area contributed by atoms with Gasteiger partial charge in [0.05, 0.1) is 36.3 Å². The zero-order valence-electron chi connectivity index (χ0n) is 43.2. The predicted octanol–water partition coefficient (Wildman–Crippen LogP) is 7.66. The Morgan fingerprint density at radius 1 is 0.714 bits per heavy atom. The van der Waals surface area contributed by atoms with Crippen molar-refractivity contribution in [3.63, 3.8) is 0 Å². The number of amides is 4. The van der Waals surface area contributed by atoms with Gasteiger partial charge in [0.15, 0.2) is 12.4 Å². The highest BCUT2D eigenvalue weighted by atomic mass is 16.7. The van der Waals surface area contributed by atoms with E-state index < -0.39 is 72.6 Å². The summed E-state index contributed by atoms with van der Waals surface area (Å²) in [6, 6.07) is 31.3. The molecule has 77 heavy (non-hydrogen) atoms. The van der Waals surface area contributed by atoms with E-state index in [0.717, 1.165) is 23.5 Å². The van der Waals surface area contributed by atoms with Crippen molar-refractivity contribution in [2.75, 3.05) is 13.3 Å². The van der Waals surface area contributed by atoms with Crippen LogP contribution in [0, 0.1) is 19.8 Å². The molecule has 0 spiro atoms. The molecule has 3 atom stereocenters. The molecule has 4 aromatic carbocycles. The molecule has 2 aromatic heterocycles. The average molecular weight is 1060 g/mol. The first-order valence-corrected chi connectivity index (χ1v) is 25.0. The van der Waals surface area contributed by atoms with Gasteiger partial charge in [0.25, 0.3) is 11.8 Å². The lowest BCUT2D eigenvalue weighted by Crippen LogP contribution is -2.49. The summed E-state index contributed by atoms with van der Waals surface area (Å²) in [6.07, 6.45) is 2.61. The maximum Gasteiger partial charge on any atom is 0.368 e. The van der Waals surface area contributed by atoms with Gasteiger partial charge in [-0.3, -0.25) is 24.0 Å². The van der Waals surface area contributed by atoms with Gasteiger partial charge >= 0.3 is 23.9 Å². The number of hydroxylamine groups is 2. The molecule has 4 amide bonds. The summed E-state index contributed by atoms with van der Waals surface area (Å²) in [6.45, 7) is 5.56. The number of unbranched alkanes of at least 4 members (excludes halogenated alkanes) is 2. The predicted molar refractivity (Wildman–Crippen MR) is 276 cm³/mol. The van der Waals surface area contributed by atoms with Gasteiger partial charge in [-0.25, -0.2) is 14.4 Å². The lowest BCUT2D eigenvalue weighted by Gasteiger charge is -2.31. The number of rotatable bonds is 29. The molecule has 20 nitrogen and oxygen atoms in total. The van der Waals surface area contributed by atoms with Gasteiger partial charge in [0.2, 0.25) is 12.3 Å². The van der Waals surface area contributed by atoms with Crippen LogP contribution < -0.4 is 20.7 Å². The van der Waals surface area contributed by atoms with Crippen LogP contribution in [0.1, 0.15) is 112 Å². The Balaban J connectivity index is 1.16. The molecule has 0 fully saturated rings. The second kappa shape index (κ2) is 29.1. The molecule has 6 aromatic rings. The number of furan rings is 1. The van der Waals surface area contributed by atoms with Crippen LogP contribution in [0.3, 0.4) is 0 Å². The minimum Gasteiger partial charge on any atom is -0.481 e. The molecule has 0 aliphatic carbocycles. The lowest BCUT2D eigenvalue weighted by atomic mass is 9.90. The Morgan fingerprint density at radius 3 is 1.92 bits per heavy atom. The van der Waals surface area contributed by atoms with E-state index in [9.17, 15) is 38.4 Å². The van der Waals surface area contributed by atoms with Crippen LogP contribution >= 0.6 is 0 Å². The van der Waals surface area contributed by atoms with E-state index >= 15 is 0 Å². The van der Waals surface area contributed by atoms with Gasteiger partial charge in [0.1, 0.15) is 48.7 Å². The normalized spacial score (nSPS) is 11.9. The van der Waals surface area contributed by atoms with Crippen LogP contribution in [-0.4, -0.2) is 83.6 Å². The van der Waals surface area contributed by atoms with Crippen LogP contribution in [0.2, 0.25) is 0 Å². The first-order valence-electron chi connectivity index (χ1n) is 25.0. The van der Waals surface area contributed by atoms with Crippen molar-refractivity contribution in [2.24, 2.45) is 5.92 Å². The van der Waals surface area contributed by atoms with E-state index in [1.165, 1.54) is 37.3 Å². The van der Waals surface area contributed by atoms with E-state index in [4.69, 9.17) is 32.7 Å². The summed E-state index contributed by atoms with van der Waals surface area (Å²) < 4.78 is 33.3. The third-order valence-electron chi connectivity index (χ3n) is 12.1. The highest BCUT2D eigenvalue weighted by Gasteiger charge is 2.35. The topological polar surface area (TPSA) is 261 Å². The number of aromatic nitrogens is 1. The van der Waals surface area contributed by atoms with Gasteiger partial charge in [-0.05, 0) is 67.6 Å². The van der Waals surface area contributed by atoms with Crippen molar-refractivity contribution in [1.82, 2.24) is 26.2 Å². The van der Waals surface area contributed by atoms with Crippen molar-refractivity contribution in [3.05, 3.63) is 166 Å². The fourth-order valence-electron chi connectivity index (χ4n) is 8.00. The second-order valence-electron chi connectivity index (χ2n) is 17.6. The standard InChI is InChI=1S/C57H61N5O15/c1-5-7-11-24-43(46(6-2)62(36-63)77-57(70)52-37(3)61-76-38(52)4)53(66)58-35-59-55(68)48-28-27-47(75-48)42-25-26-44(49(29-42)71-34-51(65)73-32-40-20-14-9-15-21-40)54(67)60-45(56(69)74-33-41-22-16-10-17-23-41)30-50(64)72-31-39-18-12-8-13-19-39/h8-10,12-23,25-29,36,43,45-46H,5-7,11,24,30-35H2,1-4H3,(H,58,66)(H,59,68)(H,60,67). The molecule has 3 N–H and O–H groups in total. The fourth-order valence-corrected chi connectivity index (χ4v) is 8.00. The van der Waals surface area contributed by atoms with E-state index in [1.54, 1.807) is 92.7 Å². The SMILES string of the molecule is CCCCCC(C(=O)NCNC(=O)c1ccc(-c2ccc(C(=O)NC(CC(=O)OCc3ccccc3)C(=O)OCc3ccccc3)c(OCC(=O)OCc3ccccc3)c2)o1)C(CC)N(C=O)OC(=O)c1c(C)noc1C. The molecular formula is C57H61N5O15. The zero-order chi connectivity index (χ0) is 55.1. The van der Waals surface area contributed by atoms with E-state index in [0.29, 0.717) is 35.9 Å². The van der Waals surface area contributed by atoms with Crippen LogP contribution in [-0.2, 0) is 62.8 Å². The average Bonchev–Trinajstić information content (AvgIpc) is 4.11. The van der Waals surface area contributed by atoms with Crippen molar-refractivity contribution in [3.8, 4) is 17.1 Å². The van der Waals surface area contributed by atoms with E-state index in [1.807, 2.05) is 19.1 Å². The van der Waals surface area contributed by atoms with Crippen molar-refractivity contribution >= 4 is 48.0 Å². The number of hydrogen-bond acceptors (Lipinski definition) is 16. The number of ether oxygens (including phenoxy) is 4. The summed E-state index contributed by atoms with van der Waals surface area (Å²) in [5.74, 6) is -6.27.